The largest absolute Gasteiger partial charge is 0.479 e. The highest BCUT2D eigenvalue weighted by molar-refractivity contribution is 5.69. The minimum Gasteiger partial charge on any atom is -0.479 e. The van der Waals surface area contributed by atoms with Crippen LogP contribution >= 0.6 is 0 Å². The summed E-state index contributed by atoms with van der Waals surface area (Å²) >= 11 is 0. The third-order valence-corrected chi connectivity index (χ3v) is 3.94. The molecule has 0 amide bonds. The van der Waals surface area contributed by atoms with Gasteiger partial charge in [0.25, 0.3) is 0 Å². The molecule has 1 aromatic carbocycles. The number of nitrogens with one attached hydrogen (secondary N) is 1. The molecule has 0 fully saturated rings. The zero-order valence-electron chi connectivity index (χ0n) is 14.9. The van der Waals surface area contributed by atoms with Crippen LogP contribution in [0.5, 0.6) is 5.88 Å². The fraction of sp³-hybridized carbons (Fsp3) is 0.474. The van der Waals surface area contributed by atoms with Crippen molar-refractivity contribution in [3.63, 3.8) is 0 Å². The molecule has 0 saturated heterocycles. The van der Waals surface area contributed by atoms with Crippen molar-refractivity contribution in [1.82, 2.24) is 9.97 Å². The van der Waals surface area contributed by atoms with E-state index >= 15 is 0 Å². The van der Waals surface area contributed by atoms with Crippen LogP contribution in [0, 0.1) is 20.8 Å². The van der Waals surface area contributed by atoms with Crippen molar-refractivity contribution in [1.29, 1.82) is 0 Å². The molecule has 2 aromatic rings. The Morgan fingerprint density at radius 1 is 1.09 bits per heavy atom. The number of methoxy groups -OCH3 is 1. The fourth-order valence-corrected chi connectivity index (χ4v) is 2.65. The summed E-state index contributed by atoms with van der Waals surface area (Å²) in [5.41, 5.74) is 5.20. The first-order chi connectivity index (χ1) is 11.1. The zero-order valence-corrected chi connectivity index (χ0v) is 14.9. The Kier molecular flexibility index (Phi) is 5.97. The maximum atomic E-state index is 5.49. The van der Waals surface area contributed by atoms with Crippen LogP contribution in [0.15, 0.2) is 18.2 Å². The van der Waals surface area contributed by atoms with Crippen molar-refractivity contribution in [3.8, 4) is 17.1 Å². The number of benzene rings is 1. The minimum absolute atomic E-state index is 0.570. The second-order valence-corrected chi connectivity index (χ2v) is 5.97. The van der Waals surface area contributed by atoms with Crippen molar-refractivity contribution < 1.29 is 4.74 Å². The molecule has 0 aliphatic heterocycles. The van der Waals surface area contributed by atoms with Crippen LogP contribution in [0.1, 0.15) is 43.0 Å². The van der Waals surface area contributed by atoms with Crippen LogP contribution in [-0.2, 0) is 0 Å². The summed E-state index contributed by atoms with van der Waals surface area (Å²) in [6, 6.07) is 6.34. The highest BCUT2D eigenvalue weighted by atomic mass is 16.5. The number of anilines is 1. The molecule has 1 N–H and O–H groups in total. The van der Waals surface area contributed by atoms with E-state index in [9.17, 15) is 0 Å². The van der Waals surface area contributed by atoms with Crippen molar-refractivity contribution in [2.24, 2.45) is 0 Å². The van der Waals surface area contributed by atoms with Gasteiger partial charge in [0.1, 0.15) is 5.69 Å². The first-order valence-electron chi connectivity index (χ1n) is 8.31. The highest BCUT2D eigenvalue weighted by Crippen LogP contribution is 2.31. The maximum absolute atomic E-state index is 5.49. The summed E-state index contributed by atoms with van der Waals surface area (Å²) in [6.45, 7) is 9.29. The second kappa shape index (κ2) is 7.95. The molecule has 1 heterocycles. The smallest absolute Gasteiger partial charge is 0.242 e. The lowest BCUT2D eigenvalue weighted by molar-refractivity contribution is 0.398. The standard InChI is InChI=1S/C19H27N3O/c1-6-7-8-11-20-18-15(4)21-17(19(22-18)23-5)16-10-9-13(2)12-14(16)3/h9-10,12H,6-8,11H2,1-5H3,(H,20,22). The Balaban J connectivity index is 2.32. The SMILES string of the molecule is CCCCCNc1nc(OC)c(-c2ccc(C)cc2C)nc1C. The lowest BCUT2D eigenvalue weighted by atomic mass is 10.0. The normalized spacial score (nSPS) is 10.7. The van der Waals surface area contributed by atoms with Crippen LogP contribution in [0.3, 0.4) is 0 Å². The van der Waals surface area contributed by atoms with E-state index in [1.807, 2.05) is 6.92 Å². The van der Waals surface area contributed by atoms with Gasteiger partial charge in [0.05, 0.1) is 12.8 Å². The molecule has 4 heteroatoms. The lowest BCUT2D eigenvalue weighted by Gasteiger charge is -2.14. The van der Waals surface area contributed by atoms with E-state index < -0.39 is 0 Å². The van der Waals surface area contributed by atoms with Gasteiger partial charge in [-0.15, -0.1) is 0 Å². The van der Waals surface area contributed by atoms with E-state index in [0.29, 0.717) is 5.88 Å². The van der Waals surface area contributed by atoms with Gasteiger partial charge in [0.15, 0.2) is 5.82 Å². The number of aryl methyl sites for hydroxylation is 3. The molecule has 0 aliphatic rings. The van der Waals surface area contributed by atoms with Gasteiger partial charge < -0.3 is 10.1 Å². The Morgan fingerprint density at radius 3 is 2.52 bits per heavy atom. The molecular formula is C19H27N3O. The number of nitrogens with zero attached hydrogens (tertiary/aromatic N) is 2. The molecule has 2 rings (SSSR count). The number of unbranched alkanes of at least 4 members (excludes halogenated alkanes) is 2. The van der Waals surface area contributed by atoms with E-state index in [2.05, 4.69) is 49.3 Å². The van der Waals surface area contributed by atoms with E-state index in [0.717, 1.165) is 35.7 Å². The summed E-state index contributed by atoms with van der Waals surface area (Å²) in [6.07, 6.45) is 3.57. The van der Waals surface area contributed by atoms with E-state index in [1.165, 1.54) is 24.0 Å². The van der Waals surface area contributed by atoms with Crippen molar-refractivity contribution in [2.75, 3.05) is 19.0 Å². The van der Waals surface area contributed by atoms with Gasteiger partial charge >= 0.3 is 0 Å². The molecule has 0 atom stereocenters. The summed E-state index contributed by atoms with van der Waals surface area (Å²) in [5, 5.41) is 3.37. The minimum atomic E-state index is 0.570. The second-order valence-electron chi connectivity index (χ2n) is 5.97. The Morgan fingerprint density at radius 2 is 1.87 bits per heavy atom. The zero-order chi connectivity index (χ0) is 16.8. The average molecular weight is 313 g/mol. The molecule has 0 unspecified atom stereocenters. The van der Waals surface area contributed by atoms with Gasteiger partial charge in [-0.1, -0.05) is 43.5 Å². The molecule has 0 radical (unpaired) electrons. The first kappa shape index (κ1) is 17.3. The molecule has 1 aromatic heterocycles. The average Bonchev–Trinajstić information content (AvgIpc) is 2.52. The van der Waals surface area contributed by atoms with Crippen LogP contribution in [0.25, 0.3) is 11.3 Å². The summed E-state index contributed by atoms with van der Waals surface area (Å²) in [4.78, 5) is 9.39. The predicted molar refractivity (Wildman–Crippen MR) is 96.2 cm³/mol. The van der Waals surface area contributed by atoms with Gasteiger partial charge in [-0.05, 0) is 32.8 Å². The predicted octanol–water partition coefficient (Wildman–Crippen LogP) is 4.68. The van der Waals surface area contributed by atoms with Crippen LogP contribution in [0.4, 0.5) is 5.82 Å². The van der Waals surface area contributed by atoms with Gasteiger partial charge in [0, 0.05) is 12.1 Å². The monoisotopic (exact) mass is 313 g/mol. The first-order valence-corrected chi connectivity index (χ1v) is 8.31. The quantitative estimate of drug-likeness (QED) is 0.754. The Bertz CT molecular complexity index is 668. The summed E-state index contributed by atoms with van der Waals surface area (Å²) in [5.74, 6) is 1.38. The van der Waals surface area contributed by atoms with Crippen LogP contribution < -0.4 is 10.1 Å². The maximum Gasteiger partial charge on any atom is 0.242 e. The van der Waals surface area contributed by atoms with Gasteiger partial charge in [0.2, 0.25) is 5.88 Å². The summed E-state index contributed by atoms with van der Waals surface area (Å²) < 4.78 is 5.49. The molecule has 0 aliphatic carbocycles. The molecular weight excluding hydrogens is 286 g/mol. The number of hydrogen-bond acceptors (Lipinski definition) is 4. The van der Waals surface area contributed by atoms with E-state index in [4.69, 9.17) is 9.72 Å². The topological polar surface area (TPSA) is 47.0 Å². The van der Waals surface area contributed by atoms with Crippen LogP contribution in [0.2, 0.25) is 0 Å². The number of aromatic nitrogens is 2. The van der Waals surface area contributed by atoms with Crippen molar-refractivity contribution in [3.05, 3.63) is 35.0 Å². The third-order valence-electron chi connectivity index (χ3n) is 3.94. The molecule has 0 bridgehead atoms. The fourth-order valence-electron chi connectivity index (χ4n) is 2.65. The Labute approximate surface area is 139 Å². The third kappa shape index (κ3) is 4.21. The highest BCUT2D eigenvalue weighted by Gasteiger charge is 2.15. The molecule has 4 nitrogen and oxygen atoms in total. The van der Waals surface area contributed by atoms with Crippen molar-refractivity contribution in [2.45, 2.75) is 47.0 Å². The molecule has 0 spiro atoms. The number of ether oxygens (including phenoxy) is 1. The van der Waals surface area contributed by atoms with Crippen molar-refractivity contribution >= 4 is 5.82 Å². The van der Waals surface area contributed by atoms with Gasteiger partial charge in [-0.2, -0.15) is 4.98 Å². The van der Waals surface area contributed by atoms with E-state index in [-0.39, 0.29) is 0 Å². The number of rotatable bonds is 7. The lowest BCUT2D eigenvalue weighted by Crippen LogP contribution is -2.08. The molecule has 124 valence electrons. The van der Waals surface area contributed by atoms with Gasteiger partial charge in [-0.3, -0.25) is 0 Å². The Hall–Kier alpha value is -2.10. The summed E-state index contributed by atoms with van der Waals surface area (Å²) in [7, 11) is 1.65. The van der Waals surface area contributed by atoms with E-state index in [1.54, 1.807) is 7.11 Å². The van der Waals surface area contributed by atoms with Gasteiger partial charge in [-0.25, -0.2) is 4.98 Å². The van der Waals surface area contributed by atoms with Crippen LogP contribution in [-0.4, -0.2) is 23.6 Å². The molecule has 0 saturated carbocycles. The number of hydrogen-bond donors (Lipinski definition) is 1. The molecule has 23 heavy (non-hydrogen) atoms.